The molecule has 176 valence electrons. The molecular weight excluding hydrogens is 440 g/mol. The third kappa shape index (κ3) is 5.62. The summed E-state index contributed by atoms with van der Waals surface area (Å²) >= 11 is 0. The fourth-order valence-corrected chi connectivity index (χ4v) is 4.27. The van der Waals surface area contributed by atoms with Gasteiger partial charge in [-0.15, -0.1) is 0 Å². The van der Waals surface area contributed by atoms with Crippen LogP contribution in [-0.4, -0.2) is 26.0 Å². The van der Waals surface area contributed by atoms with E-state index in [4.69, 9.17) is 18.6 Å². The molecule has 7 nitrogen and oxygen atoms in total. The van der Waals surface area contributed by atoms with Crippen LogP contribution in [0.25, 0.3) is 0 Å². The van der Waals surface area contributed by atoms with E-state index in [-0.39, 0.29) is 40.1 Å². The molecule has 1 aliphatic heterocycles. The molecule has 0 saturated heterocycles. The van der Waals surface area contributed by atoms with Crippen molar-refractivity contribution in [1.82, 2.24) is 0 Å². The molecule has 0 saturated carbocycles. The van der Waals surface area contributed by atoms with Crippen LogP contribution >= 0.6 is 0 Å². The zero-order valence-electron chi connectivity index (χ0n) is 20.1. The van der Waals surface area contributed by atoms with E-state index in [1.54, 1.807) is 0 Å². The Morgan fingerprint density at radius 1 is 0.970 bits per heavy atom. The zero-order chi connectivity index (χ0) is 24.6. The minimum absolute atomic E-state index is 0.0119. The summed E-state index contributed by atoms with van der Waals surface area (Å²) < 4.78 is 22.7. The molecule has 1 aliphatic rings. The summed E-state index contributed by atoms with van der Waals surface area (Å²) in [5, 5.41) is 0.0770. The van der Waals surface area contributed by atoms with Gasteiger partial charge in [0.15, 0.2) is 5.78 Å². The van der Waals surface area contributed by atoms with E-state index in [1.165, 1.54) is 26.0 Å². The van der Waals surface area contributed by atoms with Crippen LogP contribution in [0.4, 0.5) is 0 Å². The molecule has 33 heavy (non-hydrogen) atoms. The first-order chi connectivity index (χ1) is 15.3. The van der Waals surface area contributed by atoms with Crippen molar-refractivity contribution in [3.8, 4) is 23.0 Å². The Morgan fingerprint density at radius 2 is 1.58 bits per heavy atom. The Bertz CT molecular complexity index is 1080. The van der Waals surface area contributed by atoms with Crippen molar-refractivity contribution in [3.05, 3.63) is 47.5 Å². The van der Waals surface area contributed by atoms with Crippen molar-refractivity contribution in [2.45, 2.75) is 65.3 Å². The number of ketones is 1. The highest BCUT2D eigenvalue weighted by Gasteiger charge is 2.39. The highest BCUT2D eigenvalue weighted by atomic mass is 28.4. The first-order valence-electron chi connectivity index (χ1n) is 10.8. The quantitative estimate of drug-likeness (QED) is 0.318. The molecule has 0 aromatic heterocycles. The van der Waals surface area contributed by atoms with Crippen molar-refractivity contribution in [2.24, 2.45) is 0 Å². The number of hydrogen-bond acceptors (Lipinski definition) is 7. The van der Waals surface area contributed by atoms with Gasteiger partial charge < -0.3 is 18.6 Å². The number of benzene rings is 2. The summed E-state index contributed by atoms with van der Waals surface area (Å²) in [5.41, 5.74) is 0.971. The smallest absolute Gasteiger partial charge is 0.308 e. The number of ether oxygens (including phenoxy) is 3. The molecule has 1 atom stereocenters. The highest BCUT2D eigenvalue weighted by Crippen LogP contribution is 2.43. The maximum atomic E-state index is 13.0. The molecule has 0 aliphatic carbocycles. The van der Waals surface area contributed by atoms with Gasteiger partial charge in [0.2, 0.25) is 8.32 Å². The minimum Gasteiger partial charge on any atom is -0.544 e. The molecule has 0 fully saturated rings. The van der Waals surface area contributed by atoms with Gasteiger partial charge in [0.1, 0.15) is 34.7 Å². The van der Waals surface area contributed by atoms with Crippen LogP contribution in [-0.2, 0) is 9.59 Å². The van der Waals surface area contributed by atoms with Crippen LogP contribution < -0.4 is 18.6 Å². The van der Waals surface area contributed by atoms with E-state index in [0.717, 1.165) is 11.3 Å². The fraction of sp³-hybridized carbons (Fsp3) is 0.400. The Labute approximate surface area is 195 Å². The van der Waals surface area contributed by atoms with Gasteiger partial charge in [-0.2, -0.15) is 0 Å². The molecule has 0 radical (unpaired) electrons. The lowest BCUT2D eigenvalue weighted by Gasteiger charge is -2.36. The molecule has 0 spiro atoms. The van der Waals surface area contributed by atoms with Gasteiger partial charge in [-0.25, -0.2) is 0 Å². The van der Waals surface area contributed by atoms with Gasteiger partial charge in [0, 0.05) is 26.0 Å². The first kappa shape index (κ1) is 24.5. The van der Waals surface area contributed by atoms with Gasteiger partial charge in [0.25, 0.3) is 0 Å². The molecule has 2 aromatic rings. The Morgan fingerprint density at radius 3 is 2.12 bits per heavy atom. The van der Waals surface area contributed by atoms with Crippen LogP contribution in [0.15, 0.2) is 36.4 Å². The number of esters is 2. The largest absolute Gasteiger partial charge is 0.544 e. The molecule has 1 heterocycles. The van der Waals surface area contributed by atoms with Gasteiger partial charge >= 0.3 is 11.9 Å². The summed E-state index contributed by atoms with van der Waals surface area (Å²) in [6.45, 7) is 13.4. The van der Waals surface area contributed by atoms with Crippen molar-refractivity contribution in [2.75, 3.05) is 0 Å². The van der Waals surface area contributed by atoms with Crippen molar-refractivity contribution in [1.29, 1.82) is 0 Å². The Hall–Kier alpha value is -3.13. The van der Waals surface area contributed by atoms with Crippen LogP contribution in [0.3, 0.4) is 0 Å². The molecule has 0 N–H and O–H groups in total. The number of carbonyl (C=O) groups excluding carboxylic acids is 3. The van der Waals surface area contributed by atoms with E-state index >= 15 is 0 Å². The summed E-state index contributed by atoms with van der Waals surface area (Å²) in [4.78, 5) is 35.9. The SMILES string of the molecule is CC(=O)Oc1cc(OC(C)=O)c2c(c1)O[C@H](c1ccc(O[Si](C)(C)C(C)(C)C)cc1)CC2=O. The van der Waals surface area contributed by atoms with Gasteiger partial charge in [-0.05, 0) is 35.8 Å². The predicted octanol–water partition coefficient (Wildman–Crippen LogP) is 5.63. The number of hydrogen-bond donors (Lipinski definition) is 0. The molecule has 0 bridgehead atoms. The molecule has 8 heteroatoms. The standard InChI is InChI=1S/C25H30O7Si/c1-15(26)29-19-12-22(30-16(2)27)24-20(28)14-21(31-23(24)13-19)17-8-10-18(11-9-17)32-33(6,7)25(3,4)5/h8-13,21H,14H2,1-7H3/t21-/m0/s1. The molecule has 3 rings (SSSR count). The average molecular weight is 471 g/mol. The summed E-state index contributed by atoms with van der Waals surface area (Å²) in [6, 6.07) is 10.3. The monoisotopic (exact) mass is 470 g/mol. The summed E-state index contributed by atoms with van der Waals surface area (Å²) in [5.74, 6) is -0.241. The lowest BCUT2D eigenvalue weighted by Crippen LogP contribution is -2.43. The van der Waals surface area contributed by atoms with Crippen molar-refractivity contribution >= 4 is 26.0 Å². The van der Waals surface area contributed by atoms with Crippen molar-refractivity contribution in [3.63, 3.8) is 0 Å². The molecule has 0 amide bonds. The van der Waals surface area contributed by atoms with Crippen LogP contribution in [0.1, 0.15) is 63.1 Å². The third-order valence-corrected chi connectivity index (χ3v) is 10.3. The fourth-order valence-electron chi connectivity index (χ4n) is 3.24. The average Bonchev–Trinajstić information content (AvgIpc) is 2.65. The highest BCUT2D eigenvalue weighted by molar-refractivity contribution is 6.74. The van der Waals surface area contributed by atoms with Gasteiger partial charge in [-0.1, -0.05) is 32.9 Å². The second-order valence-electron chi connectivity index (χ2n) is 9.65. The lowest BCUT2D eigenvalue weighted by molar-refractivity contribution is -0.132. The summed E-state index contributed by atoms with van der Waals surface area (Å²) in [7, 11) is -1.97. The van der Waals surface area contributed by atoms with E-state index in [0.29, 0.717) is 0 Å². The Kier molecular flexibility index (Phi) is 6.69. The van der Waals surface area contributed by atoms with Crippen LogP contribution in [0, 0.1) is 0 Å². The van der Waals surface area contributed by atoms with E-state index < -0.39 is 26.4 Å². The van der Waals surface area contributed by atoms with Crippen LogP contribution in [0.2, 0.25) is 18.1 Å². The van der Waals surface area contributed by atoms with Gasteiger partial charge in [0.05, 0.1) is 6.42 Å². The van der Waals surface area contributed by atoms with Crippen molar-refractivity contribution < 1.29 is 33.0 Å². The molecule has 2 aromatic carbocycles. The number of rotatable bonds is 5. The lowest BCUT2D eigenvalue weighted by atomic mass is 9.95. The Balaban J connectivity index is 1.89. The van der Waals surface area contributed by atoms with E-state index in [9.17, 15) is 14.4 Å². The van der Waals surface area contributed by atoms with Gasteiger partial charge in [-0.3, -0.25) is 14.4 Å². The third-order valence-electron chi connectivity index (χ3n) is 5.90. The molecule has 0 unspecified atom stereocenters. The topological polar surface area (TPSA) is 88.1 Å². The maximum Gasteiger partial charge on any atom is 0.308 e. The maximum absolute atomic E-state index is 13.0. The second-order valence-corrected chi connectivity index (χ2v) is 14.4. The second kappa shape index (κ2) is 9.01. The normalized spacial score (nSPS) is 15.8. The number of Topliss-reactive ketones (excluding diaryl/α,β-unsaturated/α-hetero) is 1. The minimum atomic E-state index is -1.97. The summed E-state index contributed by atoms with van der Waals surface area (Å²) in [6.07, 6.45) is -0.457. The van der Waals surface area contributed by atoms with E-state index in [2.05, 4.69) is 33.9 Å². The number of fused-ring (bicyclic) bond motifs is 1. The zero-order valence-corrected chi connectivity index (χ0v) is 21.1. The first-order valence-corrected chi connectivity index (χ1v) is 13.7. The molecular formula is C25H30O7Si. The predicted molar refractivity (Wildman–Crippen MR) is 126 cm³/mol. The van der Waals surface area contributed by atoms with E-state index in [1.807, 2.05) is 24.3 Å². The number of carbonyl (C=O) groups is 3. The van der Waals surface area contributed by atoms with Crippen LogP contribution in [0.5, 0.6) is 23.0 Å².